The first-order valence-electron chi connectivity index (χ1n) is 7.34. The molecule has 0 bridgehead atoms. The summed E-state index contributed by atoms with van der Waals surface area (Å²) < 4.78 is 5.24. The lowest BCUT2D eigenvalue weighted by atomic mass is 10.2. The van der Waals surface area contributed by atoms with Crippen LogP contribution in [0.4, 0.5) is 0 Å². The molecule has 0 atom stereocenters. The Bertz CT molecular complexity index is 667. The number of hydrogen-bond acceptors (Lipinski definition) is 6. The van der Waals surface area contributed by atoms with Gasteiger partial charge in [-0.3, -0.25) is 4.79 Å². The average Bonchev–Trinajstić information content (AvgIpc) is 3.17. The number of nitrogens with one attached hydrogen (secondary N) is 1. The van der Waals surface area contributed by atoms with Gasteiger partial charge in [0.15, 0.2) is 0 Å². The van der Waals surface area contributed by atoms with Gasteiger partial charge >= 0.3 is 0 Å². The third kappa shape index (κ3) is 3.65. The number of carbonyl (C=O) groups excluding carboxylic acids is 1. The monoisotopic (exact) mass is 318 g/mol. The van der Waals surface area contributed by atoms with E-state index in [4.69, 9.17) is 4.52 Å². The number of aromatic nitrogens is 3. The van der Waals surface area contributed by atoms with Gasteiger partial charge < -0.3 is 9.84 Å². The molecule has 2 aromatic heterocycles. The van der Waals surface area contributed by atoms with E-state index >= 15 is 0 Å². The van der Waals surface area contributed by atoms with E-state index in [2.05, 4.69) is 20.4 Å². The first-order valence-corrected chi connectivity index (χ1v) is 8.33. The third-order valence-electron chi connectivity index (χ3n) is 3.23. The van der Waals surface area contributed by atoms with E-state index in [1.165, 1.54) is 11.8 Å². The summed E-state index contributed by atoms with van der Waals surface area (Å²) in [7, 11) is 0. The van der Waals surface area contributed by atoms with Gasteiger partial charge in [-0.15, -0.1) is 0 Å². The van der Waals surface area contributed by atoms with Crippen LogP contribution in [0.2, 0.25) is 0 Å². The number of amides is 1. The number of thioether (sulfide) groups is 1. The molecule has 0 unspecified atom stereocenters. The van der Waals surface area contributed by atoms with Crippen LogP contribution in [-0.4, -0.2) is 32.8 Å². The second-order valence-corrected chi connectivity index (χ2v) is 6.56. The van der Waals surface area contributed by atoms with Crippen molar-refractivity contribution in [2.75, 3.05) is 5.75 Å². The molecule has 0 saturated heterocycles. The summed E-state index contributed by atoms with van der Waals surface area (Å²) in [6.07, 6.45) is 3.88. The van der Waals surface area contributed by atoms with Gasteiger partial charge in [0.1, 0.15) is 5.03 Å². The molecule has 0 aliphatic heterocycles. The zero-order chi connectivity index (χ0) is 15.5. The Morgan fingerprint density at radius 1 is 1.50 bits per heavy atom. The first kappa shape index (κ1) is 15.0. The topological polar surface area (TPSA) is 80.9 Å². The molecule has 1 amide bonds. The molecule has 3 rings (SSSR count). The molecule has 0 radical (unpaired) electrons. The highest BCUT2D eigenvalue weighted by atomic mass is 32.2. The van der Waals surface area contributed by atoms with Crippen molar-refractivity contribution in [3.05, 3.63) is 24.2 Å². The highest BCUT2D eigenvalue weighted by Gasteiger charge is 2.23. The van der Waals surface area contributed by atoms with Crippen molar-refractivity contribution in [1.82, 2.24) is 20.4 Å². The maximum absolute atomic E-state index is 11.8. The Morgan fingerprint density at radius 3 is 3.00 bits per heavy atom. The molecular weight excluding hydrogens is 300 g/mol. The van der Waals surface area contributed by atoms with Gasteiger partial charge in [0.25, 0.3) is 0 Å². The molecule has 2 aromatic rings. The van der Waals surface area contributed by atoms with E-state index in [9.17, 15) is 4.79 Å². The summed E-state index contributed by atoms with van der Waals surface area (Å²) in [4.78, 5) is 20.5. The lowest BCUT2D eigenvalue weighted by molar-refractivity contribution is -0.118. The largest absolute Gasteiger partial charge is 0.353 e. The van der Waals surface area contributed by atoms with Gasteiger partial charge in [-0.25, -0.2) is 4.98 Å². The minimum absolute atomic E-state index is 0.0417. The number of rotatable bonds is 6. The second kappa shape index (κ2) is 6.48. The van der Waals surface area contributed by atoms with Gasteiger partial charge in [-0.1, -0.05) is 30.8 Å². The second-order valence-electron chi connectivity index (χ2n) is 5.60. The van der Waals surface area contributed by atoms with E-state index in [0.717, 1.165) is 23.4 Å². The Kier molecular flexibility index (Phi) is 4.42. The van der Waals surface area contributed by atoms with Gasteiger partial charge in [-0.05, 0) is 25.0 Å². The minimum Gasteiger partial charge on any atom is -0.353 e. The average molecular weight is 318 g/mol. The van der Waals surface area contributed by atoms with E-state index < -0.39 is 0 Å². The molecule has 22 heavy (non-hydrogen) atoms. The number of pyridine rings is 1. The van der Waals surface area contributed by atoms with E-state index in [0.29, 0.717) is 23.5 Å². The summed E-state index contributed by atoms with van der Waals surface area (Å²) in [5.74, 6) is 1.68. The van der Waals surface area contributed by atoms with Crippen molar-refractivity contribution in [3.63, 3.8) is 0 Å². The molecule has 1 N–H and O–H groups in total. The van der Waals surface area contributed by atoms with Crippen LogP contribution in [0.25, 0.3) is 11.4 Å². The van der Waals surface area contributed by atoms with Crippen LogP contribution in [0.1, 0.15) is 38.5 Å². The third-order valence-corrected chi connectivity index (χ3v) is 4.24. The molecule has 7 heteroatoms. The fourth-order valence-electron chi connectivity index (χ4n) is 1.89. The van der Waals surface area contributed by atoms with Crippen LogP contribution in [0, 0.1) is 0 Å². The normalized spacial score (nSPS) is 14.3. The number of carbonyl (C=O) groups is 1. The summed E-state index contributed by atoms with van der Waals surface area (Å²) in [6, 6.07) is 4.10. The smallest absolute Gasteiger partial charge is 0.230 e. The van der Waals surface area contributed by atoms with Crippen molar-refractivity contribution in [1.29, 1.82) is 0 Å². The van der Waals surface area contributed by atoms with Crippen LogP contribution in [0.5, 0.6) is 0 Å². The molecule has 1 saturated carbocycles. The van der Waals surface area contributed by atoms with Crippen LogP contribution >= 0.6 is 11.8 Å². The van der Waals surface area contributed by atoms with Gasteiger partial charge in [0, 0.05) is 18.2 Å². The summed E-state index contributed by atoms with van der Waals surface area (Å²) >= 11 is 1.39. The van der Waals surface area contributed by atoms with Gasteiger partial charge in [0.05, 0.1) is 11.3 Å². The first-order chi connectivity index (χ1) is 10.6. The lowest BCUT2D eigenvalue weighted by Gasteiger charge is -2.05. The van der Waals surface area contributed by atoms with Crippen molar-refractivity contribution in [2.45, 2.75) is 43.7 Å². The van der Waals surface area contributed by atoms with Crippen LogP contribution in [0.3, 0.4) is 0 Å². The zero-order valence-corrected chi connectivity index (χ0v) is 13.4. The summed E-state index contributed by atoms with van der Waals surface area (Å²) in [6.45, 7) is 4.00. The molecule has 0 aromatic carbocycles. The quantitative estimate of drug-likeness (QED) is 0.825. The van der Waals surface area contributed by atoms with Gasteiger partial charge in [0.2, 0.25) is 17.6 Å². The Morgan fingerprint density at radius 2 is 2.32 bits per heavy atom. The Hall–Kier alpha value is -1.89. The van der Waals surface area contributed by atoms with Crippen LogP contribution in [-0.2, 0) is 4.79 Å². The van der Waals surface area contributed by atoms with Crippen LogP contribution in [0.15, 0.2) is 27.9 Å². The molecule has 2 heterocycles. The van der Waals surface area contributed by atoms with E-state index in [-0.39, 0.29) is 11.8 Å². The fourth-order valence-corrected chi connectivity index (χ4v) is 2.69. The fraction of sp³-hybridized carbons (Fsp3) is 0.467. The van der Waals surface area contributed by atoms with E-state index in [1.807, 2.05) is 26.0 Å². The highest BCUT2D eigenvalue weighted by molar-refractivity contribution is 8.00. The molecule has 1 aliphatic rings. The minimum atomic E-state index is 0.0417. The molecule has 116 valence electrons. The Balaban J connectivity index is 1.72. The van der Waals surface area contributed by atoms with Crippen molar-refractivity contribution >= 4 is 17.7 Å². The molecule has 1 aliphatic carbocycles. The predicted octanol–water partition coefficient (Wildman–Crippen LogP) is 2.63. The van der Waals surface area contributed by atoms with Crippen molar-refractivity contribution in [3.8, 4) is 11.4 Å². The number of hydrogen-bond donors (Lipinski definition) is 1. The van der Waals surface area contributed by atoms with Gasteiger partial charge in [-0.2, -0.15) is 4.98 Å². The maximum atomic E-state index is 11.8. The SMILES string of the molecule is CC(C)c1nc(-c2cccnc2SCC(=O)NC2CC2)no1. The predicted molar refractivity (Wildman–Crippen MR) is 83.5 cm³/mol. The number of nitrogens with zero attached hydrogens (tertiary/aromatic N) is 3. The molecule has 6 nitrogen and oxygen atoms in total. The lowest BCUT2D eigenvalue weighted by Crippen LogP contribution is -2.27. The molecule has 0 spiro atoms. The van der Waals surface area contributed by atoms with Crippen molar-refractivity contribution < 1.29 is 9.32 Å². The highest BCUT2D eigenvalue weighted by Crippen LogP contribution is 2.28. The molecular formula is C15H18N4O2S. The standard InChI is InChI=1S/C15H18N4O2S/c1-9(2)14-18-13(19-21-14)11-4-3-7-16-15(11)22-8-12(20)17-10-5-6-10/h3-4,7,9-10H,5-6,8H2,1-2H3,(H,17,20). The summed E-state index contributed by atoms with van der Waals surface area (Å²) in [5.41, 5.74) is 0.794. The van der Waals surface area contributed by atoms with E-state index in [1.54, 1.807) is 6.20 Å². The Labute approximate surface area is 133 Å². The molecule has 1 fully saturated rings. The zero-order valence-electron chi connectivity index (χ0n) is 12.6. The van der Waals surface area contributed by atoms with Crippen molar-refractivity contribution in [2.24, 2.45) is 0 Å². The van der Waals surface area contributed by atoms with Crippen LogP contribution < -0.4 is 5.32 Å². The maximum Gasteiger partial charge on any atom is 0.230 e. The summed E-state index contributed by atoms with van der Waals surface area (Å²) in [5, 5.41) is 7.72.